The van der Waals surface area contributed by atoms with E-state index in [0.717, 1.165) is 21.7 Å². The molecule has 3 aromatic heterocycles. The Balaban J connectivity index is 2.02. The summed E-state index contributed by atoms with van der Waals surface area (Å²) < 4.78 is 1.96. The Kier molecular flexibility index (Phi) is 3.23. The SMILES string of the molecule is CC(C)=Cc1nnc2c3c(-c4ccc(C)cc4)csc3ncn12. The van der Waals surface area contributed by atoms with Crippen molar-refractivity contribution in [2.24, 2.45) is 0 Å². The molecular weight excluding hydrogens is 304 g/mol. The van der Waals surface area contributed by atoms with Crippen LogP contribution in [0.25, 0.3) is 33.1 Å². The summed E-state index contributed by atoms with van der Waals surface area (Å²) in [5.41, 5.74) is 5.65. The van der Waals surface area contributed by atoms with Gasteiger partial charge in [-0.05, 0) is 32.4 Å². The Labute approximate surface area is 138 Å². The van der Waals surface area contributed by atoms with Crippen molar-refractivity contribution < 1.29 is 0 Å². The minimum atomic E-state index is 0.815. The molecular formula is C18H16N4S. The molecule has 114 valence electrons. The van der Waals surface area contributed by atoms with Crippen LogP contribution in [-0.2, 0) is 0 Å². The molecule has 0 radical (unpaired) electrons. The lowest BCUT2D eigenvalue weighted by Crippen LogP contribution is -1.91. The van der Waals surface area contributed by atoms with E-state index in [4.69, 9.17) is 0 Å². The van der Waals surface area contributed by atoms with Gasteiger partial charge in [0.1, 0.15) is 11.2 Å². The van der Waals surface area contributed by atoms with Crippen LogP contribution in [0.15, 0.2) is 41.5 Å². The number of rotatable bonds is 2. The lowest BCUT2D eigenvalue weighted by Gasteiger charge is -2.02. The van der Waals surface area contributed by atoms with Gasteiger partial charge in [0.05, 0.1) is 5.39 Å². The summed E-state index contributed by atoms with van der Waals surface area (Å²) in [6.45, 7) is 6.20. The van der Waals surface area contributed by atoms with E-state index in [1.807, 2.05) is 16.8 Å². The van der Waals surface area contributed by atoms with E-state index in [1.165, 1.54) is 22.3 Å². The van der Waals surface area contributed by atoms with Crippen LogP contribution >= 0.6 is 11.3 Å². The molecule has 5 heteroatoms. The predicted molar refractivity (Wildman–Crippen MR) is 95.7 cm³/mol. The summed E-state index contributed by atoms with van der Waals surface area (Å²) in [5, 5.41) is 11.9. The van der Waals surface area contributed by atoms with Crippen molar-refractivity contribution >= 4 is 33.3 Å². The fourth-order valence-electron chi connectivity index (χ4n) is 2.66. The summed E-state index contributed by atoms with van der Waals surface area (Å²) in [5.74, 6) is 0.815. The first-order valence-corrected chi connectivity index (χ1v) is 8.34. The van der Waals surface area contributed by atoms with Gasteiger partial charge in [-0.3, -0.25) is 4.40 Å². The van der Waals surface area contributed by atoms with Crippen LogP contribution in [0.5, 0.6) is 0 Å². The molecule has 0 bridgehead atoms. The van der Waals surface area contributed by atoms with E-state index in [-0.39, 0.29) is 0 Å². The van der Waals surface area contributed by atoms with Gasteiger partial charge in [0, 0.05) is 10.9 Å². The molecule has 4 nitrogen and oxygen atoms in total. The fraction of sp³-hybridized carbons (Fsp3) is 0.167. The van der Waals surface area contributed by atoms with E-state index in [1.54, 1.807) is 11.3 Å². The maximum absolute atomic E-state index is 4.59. The third kappa shape index (κ3) is 2.33. The van der Waals surface area contributed by atoms with Crippen LogP contribution in [-0.4, -0.2) is 19.6 Å². The van der Waals surface area contributed by atoms with Crippen LogP contribution in [0.4, 0.5) is 0 Å². The van der Waals surface area contributed by atoms with Crippen molar-refractivity contribution in [3.05, 3.63) is 52.9 Å². The maximum Gasteiger partial charge on any atom is 0.173 e. The number of allylic oxidation sites excluding steroid dienone is 1. The van der Waals surface area contributed by atoms with Crippen molar-refractivity contribution in [3.63, 3.8) is 0 Å². The number of aromatic nitrogens is 4. The highest BCUT2D eigenvalue weighted by molar-refractivity contribution is 7.17. The summed E-state index contributed by atoms with van der Waals surface area (Å²) in [7, 11) is 0. The first kappa shape index (κ1) is 14.1. The molecule has 0 unspecified atom stereocenters. The molecule has 0 amide bonds. The van der Waals surface area contributed by atoms with Gasteiger partial charge < -0.3 is 0 Å². The fourth-order valence-corrected chi connectivity index (χ4v) is 3.57. The van der Waals surface area contributed by atoms with Gasteiger partial charge in [-0.2, -0.15) is 0 Å². The van der Waals surface area contributed by atoms with E-state index >= 15 is 0 Å². The largest absolute Gasteiger partial charge is 0.265 e. The van der Waals surface area contributed by atoms with Crippen molar-refractivity contribution in [2.75, 3.05) is 0 Å². The van der Waals surface area contributed by atoms with Gasteiger partial charge in [-0.15, -0.1) is 21.5 Å². The molecule has 0 aliphatic rings. The van der Waals surface area contributed by atoms with Crippen LogP contribution in [0.1, 0.15) is 25.2 Å². The third-order valence-corrected chi connectivity index (χ3v) is 4.67. The Hall–Kier alpha value is -2.53. The van der Waals surface area contributed by atoms with Crippen molar-refractivity contribution in [3.8, 4) is 11.1 Å². The van der Waals surface area contributed by atoms with E-state index in [0.29, 0.717) is 0 Å². The third-order valence-electron chi connectivity index (χ3n) is 3.79. The van der Waals surface area contributed by atoms with Gasteiger partial charge >= 0.3 is 0 Å². The van der Waals surface area contributed by atoms with Gasteiger partial charge in [-0.1, -0.05) is 35.4 Å². The zero-order valence-electron chi connectivity index (χ0n) is 13.2. The summed E-state index contributed by atoms with van der Waals surface area (Å²) in [4.78, 5) is 5.58. The quantitative estimate of drug-likeness (QED) is 0.536. The standard InChI is InChI=1S/C18H16N4S/c1-11(2)8-15-20-21-17-16-14(13-6-4-12(3)5-7-13)9-23-18(16)19-10-22(15)17/h4-10H,1-3H3. The molecule has 23 heavy (non-hydrogen) atoms. The average molecular weight is 320 g/mol. The molecule has 0 fully saturated rings. The van der Waals surface area contributed by atoms with Gasteiger partial charge in [-0.25, -0.2) is 4.98 Å². The van der Waals surface area contributed by atoms with Crippen molar-refractivity contribution in [1.29, 1.82) is 0 Å². The van der Waals surface area contributed by atoms with Gasteiger partial charge in [0.25, 0.3) is 0 Å². The van der Waals surface area contributed by atoms with Crippen LogP contribution < -0.4 is 0 Å². The number of nitrogens with zero attached hydrogens (tertiary/aromatic N) is 4. The van der Waals surface area contributed by atoms with Crippen molar-refractivity contribution in [2.45, 2.75) is 20.8 Å². The normalized spacial score (nSPS) is 11.3. The highest BCUT2D eigenvalue weighted by Crippen LogP contribution is 2.35. The number of fused-ring (bicyclic) bond motifs is 3. The first-order chi connectivity index (χ1) is 11.1. The lowest BCUT2D eigenvalue weighted by molar-refractivity contribution is 1.05. The number of benzene rings is 1. The molecule has 4 aromatic rings. The maximum atomic E-state index is 4.59. The first-order valence-electron chi connectivity index (χ1n) is 7.46. The molecule has 0 atom stereocenters. The second kappa shape index (κ2) is 5.28. The van der Waals surface area contributed by atoms with Crippen LogP contribution in [0.3, 0.4) is 0 Å². The minimum Gasteiger partial charge on any atom is -0.265 e. The lowest BCUT2D eigenvalue weighted by atomic mass is 10.0. The Bertz CT molecular complexity index is 1030. The Morgan fingerprint density at radius 1 is 1.13 bits per heavy atom. The van der Waals surface area contributed by atoms with E-state index in [9.17, 15) is 0 Å². The minimum absolute atomic E-state index is 0.815. The number of hydrogen-bond acceptors (Lipinski definition) is 4. The summed E-state index contributed by atoms with van der Waals surface area (Å²) >= 11 is 1.64. The molecule has 3 heterocycles. The Morgan fingerprint density at radius 2 is 1.91 bits per heavy atom. The second-order valence-corrected chi connectivity index (χ2v) is 6.77. The Morgan fingerprint density at radius 3 is 2.65 bits per heavy atom. The smallest absolute Gasteiger partial charge is 0.173 e. The van der Waals surface area contributed by atoms with Gasteiger partial charge in [0.2, 0.25) is 0 Å². The zero-order valence-corrected chi connectivity index (χ0v) is 14.1. The second-order valence-electron chi connectivity index (χ2n) is 5.91. The average Bonchev–Trinajstić information content (AvgIpc) is 3.11. The predicted octanol–water partition coefficient (Wildman–Crippen LogP) is 4.74. The monoisotopic (exact) mass is 320 g/mol. The summed E-state index contributed by atoms with van der Waals surface area (Å²) in [6, 6.07) is 8.55. The van der Waals surface area contributed by atoms with Crippen molar-refractivity contribution in [1.82, 2.24) is 19.6 Å². The van der Waals surface area contributed by atoms with Gasteiger partial charge in [0.15, 0.2) is 11.5 Å². The van der Waals surface area contributed by atoms with E-state index in [2.05, 4.69) is 65.6 Å². The van der Waals surface area contributed by atoms with Crippen LogP contribution in [0.2, 0.25) is 0 Å². The molecule has 0 N–H and O–H groups in total. The number of hydrogen-bond donors (Lipinski definition) is 0. The highest BCUT2D eigenvalue weighted by atomic mass is 32.1. The molecule has 0 spiro atoms. The molecule has 1 aromatic carbocycles. The number of thiophene rings is 1. The molecule has 0 saturated heterocycles. The number of aryl methyl sites for hydroxylation is 1. The molecule has 0 saturated carbocycles. The zero-order chi connectivity index (χ0) is 16.0. The topological polar surface area (TPSA) is 43.1 Å². The molecule has 0 aliphatic carbocycles. The van der Waals surface area contributed by atoms with E-state index < -0.39 is 0 Å². The summed E-state index contributed by atoms with van der Waals surface area (Å²) in [6.07, 6.45) is 3.83. The van der Waals surface area contributed by atoms with Crippen LogP contribution in [0, 0.1) is 6.92 Å². The highest BCUT2D eigenvalue weighted by Gasteiger charge is 2.14. The molecule has 4 rings (SSSR count). The molecule has 0 aliphatic heterocycles.